The summed E-state index contributed by atoms with van der Waals surface area (Å²) in [6, 6.07) is 15.8. The van der Waals surface area contributed by atoms with E-state index in [1.165, 1.54) is 15.6 Å². The van der Waals surface area contributed by atoms with Gasteiger partial charge in [0, 0.05) is 26.3 Å². The van der Waals surface area contributed by atoms with Gasteiger partial charge in [0.1, 0.15) is 6.33 Å². The highest BCUT2D eigenvalue weighted by Crippen LogP contribution is 2.24. The Morgan fingerprint density at radius 1 is 1.18 bits per heavy atom. The van der Waals surface area contributed by atoms with Crippen LogP contribution in [0.25, 0.3) is 16.8 Å². The molecule has 0 aliphatic heterocycles. The lowest BCUT2D eigenvalue weighted by Crippen LogP contribution is -2.25. The maximum atomic E-state index is 12.7. The predicted octanol–water partition coefficient (Wildman–Crippen LogP) is 3.00. The van der Waals surface area contributed by atoms with E-state index < -0.39 is 0 Å². The molecule has 0 aliphatic carbocycles. The first kappa shape index (κ1) is 21.4. The molecule has 0 atom stereocenters. The Morgan fingerprint density at radius 3 is 2.50 bits per heavy atom. The molecule has 1 heterocycles. The Hall–Kier alpha value is -2.90. The van der Waals surface area contributed by atoms with Crippen molar-refractivity contribution in [3.63, 3.8) is 0 Å². The first-order valence-corrected chi connectivity index (χ1v) is 8.54. The van der Waals surface area contributed by atoms with Crippen molar-refractivity contribution >= 4 is 18.1 Å². The second-order valence-corrected chi connectivity index (χ2v) is 6.40. The Kier molecular flexibility index (Phi) is 7.14. The van der Waals surface area contributed by atoms with Gasteiger partial charge in [-0.15, -0.1) is 12.4 Å². The van der Waals surface area contributed by atoms with Crippen LogP contribution in [0, 0.1) is 0 Å². The number of nitrogens with zero attached hydrogens (tertiary/aromatic N) is 4. The molecule has 8 heteroatoms. The van der Waals surface area contributed by atoms with Crippen molar-refractivity contribution in [2.24, 2.45) is 5.73 Å². The van der Waals surface area contributed by atoms with E-state index in [0.29, 0.717) is 17.6 Å². The Labute approximate surface area is 169 Å². The SMILES string of the molecule is CN(C)c1ccc(-c2cccc(-n3cnn(C/C(=C/F)CN)c3=O)c2)cc1.Cl. The summed E-state index contributed by atoms with van der Waals surface area (Å²) in [5.74, 6) is 0. The molecule has 0 fully saturated rings. The van der Waals surface area contributed by atoms with Crippen molar-refractivity contribution in [3.8, 4) is 16.8 Å². The molecule has 0 unspecified atom stereocenters. The third-order valence-electron chi connectivity index (χ3n) is 4.34. The van der Waals surface area contributed by atoms with Crippen LogP contribution in [0.5, 0.6) is 0 Å². The predicted molar refractivity (Wildman–Crippen MR) is 113 cm³/mol. The monoisotopic (exact) mass is 403 g/mol. The number of hydrogen-bond acceptors (Lipinski definition) is 4. The highest BCUT2D eigenvalue weighted by molar-refractivity contribution is 5.85. The lowest BCUT2D eigenvalue weighted by atomic mass is 10.0. The van der Waals surface area contributed by atoms with Crippen LogP contribution in [-0.2, 0) is 6.54 Å². The van der Waals surface area contributed by atoms with Gasteiger partial charge < -0.3 is 10.6 Å². The van der Waals surface area contributed by atoms with E-state index >= 15 is 0 Å². The van der Waals surface area contributed by atoms with E-state index in [1.807, 2.05) is 67.5 Å². The molecule has 3 rings (SSSR count). The number of hydrogen-bond donors (Lipinski definition) is 1. The molecule has 3 aromatic rings. The summed E-state index contributed by atoms with van der Waals surface area (Å²) in [5, 5.41) is 4.06. The normalized spacial score (nSPS) is 11.2. The van der Waals surface area contributed by atoms with Gasteiger partial charge in [-0.1, -0.05) is 24.3 Å². The molecule has 148 valence electrons. The number of nitrogens with two attached hydrogens (primary N) is 1. The number of benzene rings is 2. The summed E-state index contributed by atoms with van der Waals surface area (Å²) < 4.78 is 15.4. The highest BCUT2D eigenvalue weighted by atomic mass is 35.5. The summed E-state index contributed by atoms with van der Waals surface area (Å²) in [6.45, 7) is 0.0682. The van der Waals surface area contributed by atoms with E-state index in [1.54, 1.807) is 0 Å². The van der Waals surface area contributed by atoms with E-state index in [9.17, 15) is 9.18 Å². The summed E-state index contributed by atoms with van der Waals surface area (Å²) in [4.78, 5) is 14.6. The average molecular weight is 404 g/mol. The van der Waals surface area contributed by atoms with Gasteiger partial charge in [-0.3, -0.25) is 0 Å². The van der Waals surface area contributed by atoms with Gasteiger partial charge in [-0.25, -0.2) is 18.4 Å². The fraction of sp³-hybridized carbons (Fsp3) is 0.200. The molecule has 28 heavy (non-hydrogen) atoms. The first-order chi connectivity index (χ1) is 13.0. The molecule has 1 aromatic heterocycles. The molecule has 0 saturated heterocycles. The molecule has 0 bridgehead atoms. The van der Waals surface area contributed by atoms with Crippen molar-refractivity contribution in [2.75, 3.05) is 25.5 Å². The maximum absolute atomic E-state index is 12.7. The van der Waals surface area contributed by atoms with E-state index in [4.69, 9.17) is 5.73 Å². The minimum Gasteiger partial charge on any atom is -0.378 e. The molecule has 0 saturated carbocycles. The number of halogens is 2. The minimum absolute atomic E-state index is 0. The first-order valence-electron chi connectivity index (χ1n) is 8.54. The summed E-state index contributed by atoms with van der Waals surface area (Å²) in [7, 11) is 3.99. The fourth-order valence-corrected chi connectivity index (χ4v) is 2.75. The van der Waals surface area contributed by atoms with Gasteiger partial charge in [0.15, 0.2) is 0 Å². The Bertz CT molecular complexity index is 1010. The Balaban J connectivity index is 0.00000280. The van der Waals surface area contributed by atoms with Gasteiger partial charge in [-0.2, -0.15) is 5.10 Å². The zero-order chi connectivity index (χ0) is 19.4. The van der Waals surface area contributed by atoms with Crippen LogP contribution in [0.15, 0.2) is 71.6 Å². The number of anilines is 1. The number of rotatable bonds is 6. The smallest absolute Gasteiger partial charge is 0.350 e. The van der Waals surface area contributed by atoms with Crippen LogP contribution < -0.4 is 16.3 Å². The molecule has 6 nitrogen and oxygen atoms in total. The quantitative estimate of drug-likeness (QED) is 0.687. The van der Waals surface area contributed by atoms with Gasteiger partial charge in [-0.05, 0) is 41.0 Å². The fourth-order valence-electron chi connectivity index (χ4n) is 2.75. The molecule has 2 aromatic carbocycles. The van der Waals surface area contributed by atoms with Crippen LogP contribution in [0.4, 0.5) is 10.1 Å². The molecular weight excluding hydrogens is 381 g/mol. The Morgan fingerprint density at radius 2 is 1.89 bits per heavy atom. The van der Waals surface area contributed by atoms with Crippen molar-refractivity contribution in [1.29, 1.82) is 0 Å². The zero-order valence-corrected chi connectivity index (χ0v) is 16.6. The van der Waals surface area contributed by atoms with Crippen LogP contribution >= 0.6 is 12.4 Å². The largest absolute Gasteiger partial charge is 0.378 e. The van der Waals surface area contributed by atoms with Crippen molar-refractivity contribution in [3.05, 3.63) is 77.2 Å². The van der Waals surface area contributed by atoms with Crippen molar-refractivity contribution in [1.82, 2.24) is 14.3 Å². The van der Waals surface area contributed by atoms with Crippen LogP contribution in [-0.4, -0.2) is 35.0 Å². The molecule has 2 N–H and O–H groups in total. The highest BCUT2D eigenvalue weighted by Gasteiger charge is 2.09. The molecular formula is C20H23ClFN5O. The summed E-state index contributed by atoms with van der Waals surface area (Å²) in [5.41, 5.74) is 9.26. The van der Waals surface area contributed by atoms with Crippen LogP contribution in [0.2, 0.25) is 0 Å². The molecule has 0 amide bonds. The molecule has 0 radical (unpaired) electrons. The third-order valence-corrected chi connectivity index (χ3v) is 4.34. The maximum Gasteiger partial charge on any atom is 0.350 e. The van der Waals surface area contributed by atoms with E-state index in [-0.39, 0.29) is 31.2 Å². The van der Waals surface area contributed by atoms with Crippen molar-refractivity contribution < 1.29 is 4.39 Å². The zero-order valence-electron chi connectivity index (χ0n) is 15.7. The van der Waals surface area contributed by atoms with Gasteiger partial charge in [0.2, 0.25) is 0 Å². The van der Waals surface area contributed by atoms with E-state index in [2.05, 4.69) is 5.10 Å². The topological polar surface area (TPSA) is 69.1 Å². The van der Waals surface area contributed by atoms with Gasteiger partial charge in [0.25, 0.3) is 0 Å². The lowest BCUT2D eigenvalue weighted by molar-refractivity contribution is 0.612. The standard InChI is InChI=1S/C20H22FN5O.ClH/c1-24(2)18-8-6-16(7-9-18)17-4-3-5-19(10-17)25-14-23-26(20(25)27)13-15(11-21)12-22;/h3-11,14H,12-13,22H2,1-2H3;1H/b15-11+;. The lowest BCUT2D eigenvalue weighted by Gasteiger charge is -2.13. The summed E-state index contributed by atoms with van der Waals surface area (Å²) >= 11 is 0. The minimum atomic E-state index is -0.345. The summed E-state index contributed by atoms with van der Waals surface area (Å²) in [6.07, 6.45) is 1.85. The molecule has 0 aliphatic rings. The average Bonchev–Trinajstić information content (AvgIpc) is 3.06. The molecule has 0 spiro atoms. The third kappa shape index (κ3) is 4.49. The second kappa shape index (κ2) is 9.34. The van der Waals surface area contributed by atoms with Gasteiger partial charge in [0.05, 0.1) is 18.6 Å². The number of aromatic nitrogens is 3. The second-order valence-electron chi connectivity index (χ2n) is 6.40. The van der Waals surface area contributed by atoms with Crippen LogP contribution in [0.1, 0.15) is 0 Å². The van der Waals surface area contributed by atoms with Crippen molar-refractivity contribution in [2.45, 2.75) is 6.54 Å². The van der Waals surface area contributed by atoms with E-state index in [0.717, 1.165) is 16.8 Å². The van der Waals surface area contributed by atoms with Gasteiger partial charge >= 0.3 is 5.69 Å². The van der Waals surface area contributed by atoms with Crippen LogP contribution in [0.3, 0.4) is 0 Å².